The molecule has 9 heteroatoms. The Kier molecular flexibility index (Phi) is 5.45. The lowest BCUT2D eigenvalue weighted by Crippen LogP contribution is -2.39. The van der Waals surface area contributed by atoms with Gasteiger partial charge in [0.05, 0.1) is 0 Å². The topological polar surface area (TPSA) is 121 Å². The Morgan fingerprint density at radius 3 is 2.62 bits per heavy atom. The van der Waals surface area contributed by atoms with Crippen LogP contribution in [-0.2, 0) is 9.59 Å². The predicted molar refractivity (Wildman–Crippen MR) is 96.0 cm³/mol. The summed E-state index contributed by atoms with van der Waals surface area (Å²) in [4.78, 5) is 27.6. The van der Waals surface area contributed by atoms with Crippen LogP contribution in [-0.4, -0.2) is 63.5 Å². The van der Waals surface area contributed by atoms with E-state index in [2.05, 4.69) is 25.5 Å². The van der Waals surface area contributed by atoms with Crippen molar-refractivity contribution in [2.45, 2.75) is 19.8 Å². The smallest absolute Gasteiger partial charge is 0.225 e. The molecule has 1 fully saturated rings. The van der Waals surface area contributed by atoms with Crippen LogP contribution in [0.25, 0.3) is 11.4 Å². The summed E-state index contributed by atoms with van der Waals surface area (Å²) in [5.41, 5.74) is 7.20. The van der Waals surface area contributed by atoms with Gasteiger partial charge in [0.2, 0.25) is 17.6 Å². The van der Waals surface area contributed by atoms with Gasteiger partial charge in [0.15, 0.2) is 0 Å². The lowest BCUT2D eigenvalue weighted by atomic mass is 10.1. The Hall–Kier alpha value is -2.97. The van der Waals surface area contributed by atoms with Crippen molar-refractivity contribution in [1.82, 2.24) is 25.5 Å². The molecule has 1 aromatic carbocycles. The lowest BCUT2D eigenvalue weighted by Gasteiger charge is -2.25. The molecule has 1 aromatic heterocycles. The second kappa shape index (κ2) is 7.94. The maximum Gasteiger partial charge on any atom is 0.225 e. The van der Waals surface area contributed by atoms with Crippen LogP contribution < -0.4 is 10.6 Å². The molecule has 138 valence electrons. The van der Waals surface area contributed by atoms with E-state index in [1.54, 1.807) is 6.92 Å². The van der Waals surface area contributed by atoms with Gasteiger partial charge in [-0.2, -0.15) is 5.21 Å². The van der Waals surface area contributed by atoms with Crippen LogP contribution >= 0.6 is 0 Å². The normalized spacial score (nSPS) is 16.2. The van der Waals surface area contributed by atoms with Crippen LogP contribution in [0.2, 0.25) is 0 Å². The van der Waals surface area contributed by atoms with E-state index in [-0.39, 0.29) is 18.2 Å². The number of benzene rings is 1. The van der Waals surface area contributed by atoms with Crippen molar-refractivity contribution in [2.75, 3.05) is 31.1 Å². The first kappa shape index (κ1) is 17.8. The average molecular weight is 357 g/mol. The van der Waals surface area contributed by atoms with Gasteiger partial charge in [0.1, 0.15) is 0 Å². The van der Waals surface area contributed by atoms with Crippen LogP contribution in [0.1, 0.15) is 19.8 Å². The Morgan fingerprint density at radius 2 is 1.96 bits per heavy atom. The third-order valence-electron chi connectivity index (χ3n) is 4.57. The third-order valence-corrected chi connectivity index (χ3v) is 4.57. The van der Waals surface area contributed by atoms with Gasteiger partial charge >= 0.3 is 0 Å². The molecule has 3 rings (SSSR count). The molecule has 0 bridgehead atoms. The van der Waals surface area contributed by atoms with E-state index in [4.69, 9.17) is 5.73 Å². The quantitative estimate of drug-likeness (QED) is 0.800. The van der Waals surface area contributed by atoms with E-state index in [0.29, 0.717) is 18.9 Å². The highest BCUT2D eigenvalue weighted by Crippen LogP contribution is 2.21. The van der Waals surface area contributed by atoms with E-state index >= 15 is 0 Å². The van der Waals surface area contributed by atoms with Gasteiger partial charge in [-0.25, -0.2) is 0 Å². The first-order chi connectivity index (χ1) is 12.5. The molecular weight excluding hydrogens is 334 g/mol. The second-order valence-corrected chi connectivity index (χ2v) is 6.52. The summed E-state index contributed by atoms with van der Waals surface area (Å²) in [5, 5.41) is 14.0. The van der Waals surface area contributed by atoms with Gasteiger partial charge in [-0.15, -0.1) is 10.2 Å². The Morgan fingerprint density at radius 1 is 1.19 bits per heavy atom. The second-order valence-electron chi connectivity index (χ2n) is 6.52. The number of carbonyl (C=O) groups is 2. The number of primary amides is 1. The molecule has 1 aliphatic rings. The molecule has 1 saturated heterocycles. The van der Waals surface area contributed by atoms with E-state index in [1.807, 2.05) is 29.2 Å². The number of aromatic amines is 1. The van der Waals surface area contributed by atoms with Crippen molar-refractivity contribution in [2.24, 2.45) is 11.7 Å². The van der Waals surface area contributed by atoms with Crippen LogP contribution in [0.3, 0.4) is 0 Å². The van der Waals surface area contributed by atoms with Gasteiger partial charge in [0, 0.05) is 49.8 Å². The molecule has 1 aliphatic heterocycles. The highest BCUT2D eigenvalue weighted by Gasteiger charge is 2.24. The Labute approximate surface area is 151 Å². The number of H-pyrrole nitrogens is 1. The van der Waals surface area contributed by atoms with E-state index < -0.39 is 5.91 Å². The Balaban J connectivity index is 1.61. The van der Waals surface area contributed by atoms with Crippen LogP contribution in [0.15, 0.2) is 24.3 Å². The van der Waals surface area contributed by atoms with Gasteiger partial charge in [-0.3, -0.25) is 9.59 Å². The number of nitrogens with zero attached hydrogens (tertiary/aromatic N) is 5. The minimum Gasteiger partial charge on any atom is -0.370 e. The number of hydrogen-bond donors (Lipinski definition) is 2. The lowest BCUT2D eigenvalue weighted by molar-refractivity contribution is -0.137. The number of amides is 2. The van der Waals surface area contributed by atoms with Crippen molar-refractivity contribution in [1.29, 1.82) is 0 Å². The highest BCUT2D eigenvalue weighted by atomic mass is 16.2. The summed E-state index contributed by atoms with van der Waals surface area (Å²) < 4.78 is 0. The standard InChI is InChI=1S/C17H23N7O2/c1-12(11-15(18)25)17(26)24-8-2-7-23(9-10-24)14-5-3-13(4-6-14)16-19-21-22-20-16/h3-6,12H,2,7-11H2,1H3,(H2,18,25)(H,19,20,21,22). The van der Waals surface area contributed by atoms with Crippen molar-refractivity contribution in [3.05, 3.63) is 24.3 Å². The van der Waals surface area contributed by atoms with E-state index in [1.165, 1.54) is 0 Å². The summed E-state index contributed by atoms with van der Waals surface area (Å²) >= 11 is 0. The molecule has 9 nitrogen and oxygen atoms in total. The number of anilines is 1. The van der Waals surface area contributed by atoms with Crippen molar-refractivity contribution in [3.63, 3.8) is 0 Å². The van der Waals surface area contributed by atoms with E-state index in [0.717, 1.165) is 30.8 Å². The number of rotatable bonds is 5. The first-order valence-electron chi connectivity index (χ1n) is 8.70. The molecule has 0 aliphatic carbocycles. The fraction of sp³-hybridized carbons (Fsp3) is 0.471. The van der Waals surface area contributed by atoms with E-state index in [9.17, 15) is 9.59 Å². The number of carbonyl (C=O) groups excluding carboxylic acids is 2. The number of hydrogen-bond acceptors (Lipinski definition) is 6. The van der Waals surface area contributed by atoms with Gasteiger partial charge in [-0.05, 0) is 35.9 Å². The minimum atomic E-state index is -0.441. The average Bonchev–Trinajstić information content (AvgIpc) is 3.05. The van der Waals surface area contributed by atoms with Crippen LogP contribution in [0, 0.1) is 5.92 Å². The highest BCUT2D eigenvalue weighted by molar-refractivity contribution is 5.84. The summed E-state index contributed by atoms with van der Waals surface area (Å²) in [5.74, 6) is -0.247. The maximum absolute atomic E-state index is 12.5. The maximum atomic E-state index is 12.5. The van der Waals surface area contributed by atoms with Crippen molar-refractivity contribution < 1.29 is 9.59 Å². The Bertz CT molecular complexity index is 745. The fourth-order valence-corrected chi connectivity index (χ4v) is 3.20. The molecule has 3 N–H and O–H groups in total. The fourth-order valence-electron chi connectivity index (χ4n) is 3.20. The van der Waals surface area contributed by atoms with Gasteiger partial charge < -0.3 is 15.5 Å². The molecule has 26 heavy (non-hydrogen) atoms. The number of nitrogens with two attached hydrogens (primary N) is 1. The van der Waals surface area contributed by atoms with Gasteiger partial charge in [-0.1, -0.05) is 6.92 Å². The van der Waals surface area contributed by atoms with Gasteiger partial charge in [0.25, 0.3) is 0 Å². The number of aromatic nitrogens is 4. The molecule has 1 atom stereocenters. The molecule has 0 saturated carbocycles. The summed E-state index contributed by atoms with van der Waals surface area (Å²) in [6, 6.07) is 7.98. The predicted octanol–water partition coefficient (Wildman–Crippen LogP) is 0.417. The summed E-state index contributed by atoms with van der Waals surface area (Å²) in [7, 11) is 0. The molecule has 2 heterocycles. The molecule has 0 spiro atoms. The molecule has 0 radical (unpaired) electrons. The zero-order chi connectivity index (χ0) is 18.5. The van der Waals surface area contributed by atoms with Crippen molar-refractivity contribution in [3.8, 4) is 11.4 Å². The minimum absolute atomic E-state index is 0.00176. The zero-order valence-electron chi connectivity index (χ0n) is 14.8. The summed E-state index contributed by atoms with van der Waals surface area (Å²) in [6.45, 7) is 4.70. The number of nitrogens with one attached hydrogen (secondary N) is 1. The zero-order valence-corrected chi connectivity index (χ0v) is 14.8. The monoisotopic (exact) mass is 357 g/mol. The summed E-state index contributed by atoms with van der Waals surface area (Å²) in [6.07, 6.45) is 0.970. The largest absolute Gasteiger partial charge is 0.370 e. The third kappa shape index (κ3) is 4.16. The van der Waals surface area contributed by atoms with Crippen LogP contribution in [0.5, 0.6) is 0 Å². The van der Waals surface area contributed by atoms with Crippen molar-refractivity contribution >= 4 is 17.5 Å². The molecular formula is C17H23N7O2. The van der Waals surface area contributed by atoms with Crippen LogP contribution in [0.4, 0.5) is 5.69 Å². The molecule has 2 aromatic rings. The number of tetrazole rings is 1. The molecule has 1 unspecified atom stereocenters. The molecule has 2 amide bonds. The SMILES string of the molecule is CC(CC(N)=O)C(=O)N1CCCN(c2ccc(-c3nn[nH]n3)cc2)CC1. The first-order valence-corrected chi connectivity index (χ1v) is 8.70.